The van der Waals surface area contributed by atoms with Crippen molar-refractivity contribution in [1.29, 1.82) is 0 Å². The second-order valence-corrected chi connectivity index (χ2v) is 8.39. The predicted molar refractivity (Wildman–Crippen MR) is 109 cm³/mol. The van der Waals surface area contributed by atoms with E-state index in [2.05, 4.69) is 31.4 Å². The maximum atomic E-state index is 12.9. The first-order valence-electron chi connectivity index (χ1n) is 8.39. The molecule has 0 atom stereocenters. The van der Waals surface area contributed by atoms with Gasteiger partial charge in [-0.05, 0) is 31.0 Å². The molecular weight excluding hydrogens is 432 g/mol. The molecule has 0 saturated heterocycles. The Hall–Kier alpha value is -2.13. The van der Waals surface area contributed by atoms with Gasteiger partial charge in [0.1, 0.15) is 0 Å². The highest BCUT2D eigenvalue weighted by atomic mass is 79.9. The van der Waals surface area contributed by atoms with E-state index < -0.39 is 0 Å². The molecule has 0 fully saturated rings. The number of carbonyl (C=O) groups excluding carboxylic acids is 1. The summed E-state index contributed by atoms with van der Waals surface area (Å²) in [7, 11) is 0. The van der Waals surface area contributed by atoms with Crippen molar-refractivity contribution < 1.29 is 9.32 Å². The number of nitrogens with zero attached hydrogens (tertiary/aromatic N) is 3. The molecule has 0 aliphatic rings. The summed E-state index contributed by atoms with van der Waals surface area (Å²) in [5.41, 5.74) is 1.19. The summed E-state index contributed by atoms with van der Waals surface area (Å²) >= 11 is 4.62. The average Bonchev–Trinajstić information content (AvgIpc) is 3.01. The molecule has 0 saturated carbocycles. The Balaban J connectivity index is 1.86. The Bertz CT molecular complexity index is 1040. The van der Waals surface area contributed by atoms with Gasteiger partial charge in [-0.15, -0.1) is 0 Å². The number of hydrogen-bond donors (Lipinski definition) is 1. The van der Waals surface area contributed by atoms with Gasteiger partial charge in [0.25, 0.3) is 5.56 Å². The molecule has 1 amide bonds. The Morgan fingerprint density at radius 2 is 2.15 bits per heavy atom. The first-order valence-corrected chi connectivity index (χ1v) is 10.2. The Morgan fingerprint density at radius 1 is 1.37 bits per heavy atom. The quantitative estimate of drug-likeness (QED) is 0.453. The van der Waals surface area contributed by atoms with Gasteiger partial charge in [-0.3, -0.25) is 19.5 Å². The van der Waals surface area contributed by atoms with Gasteiger partial charge in [0, 0.05) is 17.1 Å². The third kappa shape index (κ3) is 4.78. The van der Waals surface area contributed by atoms with E-state index in [-0.39, 0.29) is 23.1 Å². The van der Waals surface area contributed by atoms with Crippen LogP contribution in [0.3, 0.4) is 0 Å². The van der Waals surface area contributed by atoms with Crippen LogP contribution in [0.5, 0.6) is 0 Å². The maximum Gasteiger partial charge on any atom is 0.262 e. The molecular formula is C18H19BrN4O3S. The number of aromatic nitrogens is 3. The van der Waals surface area contributed by atoms with Crippen LogP contribution in [0, 0.1) is 12.8 Å². The summed E-state index contributed by atoms with van der Waals surface area (Å²) in [5.74, 6) is 0.414. The van der Waals surface area contributed by atoms with Gasteiger partial charge in [-0.1, -0.05) is 46.7 Å². The summed E-state index contributed by atoms with van der Waals surface area (Å²) in [5, 5.41) is 7.44. The molecule has 1 aromatic carbocycles. The summed E-state index contributed by atoms with van der Waals surface area (Å²) in [6.07, 6.45) is 0. The summed E-state index contributed by atoms with van der Waals surface area (Å²) < 4.78 is 7.45. The fourth-order valence-electron chi connectivity index (χ4n) is 2.54. The van der Waals surface area contributed by atoms with Gasteiger partial charge in [0.05, 0.1) is 22.3 Å². The molecule has 1 N–H and O–H groups in total. The number of aryl methyl sites for hydroxylation is 1. The molecule has 0 bridgehead atoms. The minimum atomic E-state index is -0.252. The fraction of sp³-hybridized carbons (Fsp3) is 0.333. The first kappa shape index (κ1) is 19.6. The molecule has 0 aliphatic heterocycles. The Morgan fingerprint density at radius 3 is 2.81 bits per heavy atom. The zero-order chi connectivity index (χ0) is 19.6. The zero-order valence-corrected chi connectivity index (χ0v) is 17.6. The summed E-state index contributed by atoms with van der Waals surface area (Å²) in [6.45, 7) is 6.37. The van der Waals surface area contributed by atoms with Crippen LogP contribution >= 0.6 is 27.7 Å². The van der Waals surface area contributed by atoms with E-state index in [1.54, 1.807) is 29.7 Å². The average molecular weight is 451 g/mol. The molecule has 3 rings (SSSR count). The van der Waals surface area contributed by atoms with Crippen molar-refractivity contribution in [2.45, 2.75) is 32.5 Å². The largest absolute Gasteiger partial charge is 0.338 e. The normalized spacial score (nSPS) is 11.3. The summed E-state index contributed by atoms with van der Waals surface area (Å²) in [6, 6.07) is 7.05. The molecule has 27 heavy (non-hydrogen) atoms. The van der Waals surface area contributed by atoms with Gasteiger partial charge in [-0.25, -0.2) is 4.98 Å². The van der Waals surface area contributed by atoms with Crippen molar-refractivity contribution in [1.82, 2.24) is 14.7 Å². The van der Waals surface area contributed by atoms with Gasteiger partial charge >= 0.3 is 0 Å². The number of hydrogen-bond acceptors (Lipinski definition) is 6. The second-order valence-electron chi connectivity index (χ2n) is 6.53. The van der Waals surface area contributed by atoms with Crippen LogP contribution in [0.15, 0.2) is 43.2 Å². The van der Waals surface area contributed by atoms with Crippen LogP contribution in [-0.2, 0) is 11.3 Å². The van der Waals surface area contributed by atoms with E-state index in [9.17, 15) is 9.59 Å². The van der Waals surface area contributed by atoms with Crippen molar-refractivity contribution in [3.05, 3.63) is 44.8 Å². The van der Waals surface area contributed by atoms with Gasteiger partial charge in [-0.2, -0.15) is 0 Å². The lowest BCUT2D eigenvalue weighted by Crippen LogP contribution is -2.26. The highest BCUT2D eigenvalue weighted by Crippen LogP contribution is 2.21. The van der Waals surface area contributed by atoms with Crippen LogP contribution in [0.1, 0.15) is 19.5 Å². The summed E-state index contributed by atoms with van der Waals surface area (Å²) in [4.78, 5) is 29.7. The lowest BCUT2D eigenvalue weighted by Gasteiger charge is -2.14. The predicted octanol–water partition coefficient (Wildman–Crippen LogP) is 3.84. The van der Waals surface area contributed by atoms with E-state index in [0.717, 1.165) is 4.47 Å². The topological polar surface area (TPSA) is 90.0 Å². The van der Waals surface area contributed by atoms with Gasteiger partial charge in [0.15, 0.2) is 5.16 Å². The number of nitrogens with one attached hydrogen (secondary N) is 1. The first-order chi connectivity index (χ1) is 12.8. The van der Waals surface area contributed by atoms with Crippen molar-refractivity contribution in [3.63, 3.8) is 0 Å². The minimum absolute atomic E-state index is 0.103. The second kappa shape index (κ2) is 8.26. The number of halogens is 1. The highest BCUT2D eigenvalue weighted by molar-refractivity contribution is 9.10. The van der Waals surface area contributed by atoms with E-state index in [1.165, 1.54) is 11.8 Å². The maximum absolute atomic E-state index is 12.9. The number of thioether (sulfide) groups is 1. The van der Waals surface area contributed by atoms with Gasteiger partial charge < -0.3 is 4.52 Å². The number of amides is 1. The number of fused-ring (bicyclic) bond motifs is 1. The van der Waals surface area contributed by atoms with Crippen molar-refractivity contribution in [3.8, 4) is 0 Å². The molecule has 0 spiro atoms. The lowest BCUT2D eigenvalue weighted by atomic mass is 10.2. The number of carbonyl (C=O) groups is 1. The molecule has 2 aromatic heterocycles. The minimum Gasteiger partial charge on any atom is -0.338 e. The zero-order valence-electron chi connectivity index (χ0n) is 15.2. The number of rotatable bonds is 6. The monoisotopic (exact) mass is 450 g/mol. The Kier molecular flexibility index (Phi) is 6.01. The van der Waals surface area contributed by atoms with Gasteiger partial charge in [0.2, 0.25) is 11.8 Å². The number of anilines is 1. The Labute approximate surface area is 168 Å². The highest BCUT2D eigenvalue weighted by Gasteiger charge is 2.15. The molecule has 0 radical (unpaired) electrons. The molecule has 142 valence electrons. The molecule has 7 nitrogen and oxygen atoms in total. The molecule has 9 heteroatoms. The molecule has 0 unspecified atom stereocenters. The number of benzene rings is 1. The molecule has 0 aliphatic carbocycles. The third-order valence-electron chi connectivity index (χ3n) is 3.65. The van der Waals surface area contributed by atoms with Crippen molar-refractivity contribution in [2.75, 3.05) is 11.1 Å². The molecule has 2 heterocycles. The van der Waals surface area contributed by atoms with Crippen LogP contribution < -0.4 is 10.9 Å². The van der Waals surface area contributed by atoms with E-state index in [1.807, 2.05) is 19.9 Å². The molecule has 3 aromatic rings. The van der Waals surface area contributed by atoms with E-state index in [0.29, 0.717) is 34.2 Å². The van der Waals surface area contributed by atoms with Crippen LogP contribution in [-0.4, -0.2) is 26.4 Å². The lowest BCUT2D eigenvalue weighted by molar-refractivity contribution is -0.113. The third-order valence-corrected chi connectivity index (χ3v) is 5.12. The van der Waals surface area contributed by atoms with Crippen LogP contribution in [0.2, 0.25) is 0 Å². The van der Waals surface area contributed by atoms with E-state index >= 15 is 0 Å². The fourth-order valence-corrected chi connectivity index (χ4v) is 3.70. The smallest absolute Gasteiger partial charge is 0.262 e. The SMILES string of the molecule is Cc1cc(NC(=O)CSc2nc3ccc(Br)cc3c(=O)n2CC(C)C)on1. The van der Waals surface area contributed by atoms with Crippen molar-refractivity contribution >= 4 is 50.4 Å². The standard InChI is InChI=1S/C18H19BrN4O3S/c1-10(2)8-23-17(25)13-7-12(19)4-5-14(13)20-18(23)27-9-15(24)21-16-6-11(3)22-26-16/h4-7,10H,8-9H2,1-3H3,(H,21,24). The van der Waals surface area contributed by atoms with Crippen LogP contribution in [0.4, 0.5) is 5.88 Å². The van der Waals surface area contributed by atoms with E-state index in [4.69, 9.17) is 4.52 Å². The van der Waals surface area contributed by atoms with Crippen molar-refractivity contribution in [2.24, 2.45) is 5.92 Å². The van der Waals surface area contributed by atoms with Crippen LogP contribution in [0.25, 0.3) is 10.9 Å².